The molecule has 3 unspecified atom stereocenters. The van der Waals surface area contributed by atoms with E-state index in [1.807, 2.05) is 7.05 Å². The average molecular weight is 293 g/mol. The van der Waals surface area contributed by atoms with Crippen molar-refractivity contribution in [3.8, 4) is 0 Å². The van der Waals surface area contributed by atoms with Gasteiger partial charge in [0, 0.05) is 19.6 Å². The predicted octanol–water partition coefficient (Wildman–Crippen LogP) is 2.43. The number of aliphatic imine (C=N–C) groups is 1. The van der Waals surface area contributed by atoms with Crippen molar-refractivity contribution >= 4 is 5.96 Å². The van der Waals surface area contributed by atoms with Gasteiger partial charge in [0.05, 0.1) is 5.60 Å². The number of nitrogens with one attached hydrogen (secondary N) is 2. The quantitative estimate of drug-likeness (QED) is 0.553. The zero-order valence-corrected chi connectivity index (χ0v) is 13.4. The summed E-state index contributed by atoms with van der Waals surface area (Å²) in [5.41, 5.74) is -0.487. The van der Waals surface area contributed by atoms with Gasteiger partial charge in [0.2, 0.25) is 0 Å². The smallest absolute Gasteiger partial charge is 0.191 e. The van der Waals surface area contributed by atoms with Crippen molar-refractivity contribution in [1.82, 2.24) is 10.6 Å². The van der Waals surface area contributed by atoms with Crippen LogP contribution in [0.2, 0.25) is 0 Å². The topological polar surface area (TPSA) is 56.7 Å². The Hall–Kier alpha value is -0.770. The summed E-state index contributed by atoms with van der Waals surface area (Å²) in [5, 5.41) is 17.1. The minimum Gasteiger partial charge on any atom is -0.388 e. The molecule has 3 aliphatic rings. The van der Waals surface area contributed by atoms with E-state index in [9.17, 15) is 5.11 Å². The largest absolute Gasteiger partial charge is 0.388 e. The van der Waals surface area contributed by atoms with E-state index in [0.717, 1.165) is 37.1 Å². The number of hydrogen-bond donors (Lipinski definition) is 3. The molecule has 4 nitrogen and oxygen atoms in total. The van der Waals surface area contributed by atoms with Gasteiger partial charge in [-0.1, -0.05) is 25.7 Å². The van der Waals surface area contributed by atoms with Crippen LogP contribution in [0.25, 0.3) is 0 Å². The third-order valence-electron chi connectivity index (χ3n) is 5.97. The zero-order chi connectivity index (χ0) is 14.7. The molecule has 3 saturated carbocycles. The standard InChI is InChI=1S/C17H31N3O/c1-18-16(19-12-17(21)9-4-10-17)20-15-8-7-13-5-2-3-6-14(13)11-15/h13-15,21H,2-12H2,1H3,(H2,18,19,20). The highest BCUT2D eigenvalue weighted by Crippen LogP contribution is 2.40. The van der Waals surface area contributed by atoms with E-state index in [1.54, 1.807) is 0 Å². The van der Waals surface area contributed by atoms with Crippen LogP contribution in [0.15, 0.2) is 4.99 Å². The first-order chi connectivity index (χ1) is 10.2. The minimum atomic E-state index is -0.487. The molecule has 120 valence electrons. The minimum absolute atomic E-state index is 0.487. The fraction of sp³-hybridized carbons (Fsp3) is 0.941. The van der Waals surface area contributed by atoms with Crippen molar-refractivity contribution in [1.29, 1.82) is 0 Å². The van der Waals surface area contributed by atoms with Crippen molar-refractivity contribution in [2.45, 2.75) is 75.9 Å². The highest BCUT2D eigenvalue weighted by molar-refractivity contribution is 5.80. The molecule has 21 heavy (non-hydrogen) atoms. The van der Waals surface area contributed by atoms with Crippen LogP contribution in [-0.4, -0.2) is 36.3 Å². The van der Waals surface area contributed by atoms with Gasteiger partial charge in [-0.15, -0.1) is 0 Å². The molecule has 3 rings (SSSR count). The average Bonchev–Trinajstić information content (AvgIpc) is 2.49. The van der Waals surface area contributed by atoms with Crippen LogP contribution in [-0.2, 0) is 0 Å². The van der Waals surface area contributed by atoms with Crippen LogP contribution in [0, 0.1) is 11.8 Å². The van der Waals surface area contributed by atoms with Gasteiger partial charge < -0.3 is 15.7 Å². The Labute approximate surface area is 128 Å². The fourth-order valence-electron chi connectivity index (χ4n) is 4.40. The molecule has 3 atom stereocenters. The molecule has 0 amide bonds. The molecule has 0 aromatic rings. The summed E-state index contributed by atoms with van der Waals surface area (Å²) >= 11 is 0. The third kappa shape index (κ3) is 3.71. The summed E-state index contributed by atoms with van der Waals surface area (Å²) in [6.45, 7) is 0.630. The Kier molecular flexibility index (Phi) is 4.72. The molecule has 4 heteroatoms. The van der Waals surface area contributed by atoms with Gasteiger partial charge in [0.25, 0.3) is 0 Å². The number of fused-ring (bicyclic) bond motifs is 1. The number of nitrogens with zero attached hydrogens (tertiary/aromatic N) is 1. The second-order valence-electron chi connectivity index (χ2n) is 7.46. The van der Waals surface area contributed by atoms with Gasteiger partial charge >= 0.3 is 0 Å². The second-order valence-corrected chi connectivity index (χ2v) is 7.46. The monoisotopic (exact) mass is 293 g/mol. The number of rotatable bonds is 3. The first kappa shape index (κ1) is 15.1. The highest BCUT2D eigenvalue weighted by atomic mass is 16.3. The van der Waals surface area contributed by atoms with E-state index in [0.29, 0.717) is 12.6 Å². The lowest BCUT2D eigenvalue weighted by Gasteiger charge is -2.40. The Morgan fingerprint density at radius 1 is 1.10 bits per heavy atom. The van der Waals surface area contributed by atoms with E-state index < -0.39 is 5.60 Å². The Morgan fingerprint density at radius 2 is 1.86 bits per heavy atom. The van der Waals surface area contributed by atoms with Gasteiger partial charge in [-0.2, -0.15) is 0 Å². The van der Waals surface area contributed by atoms with Gasteiger partial charge in [0.1, 0.15) is 0 Å². The SMILES string of the molecule is CN=C(NCC1(O)CCC1)NC1CCC2CCCCC2C1. The van der Waals surface area contributed by atoms with E-state index in [4.69, 9.17) is 0 Å². The lowest BCUT2D eigenvalue weighted by atomic mass is 9.69. The van der Waals surface area contributed by atoms with E-state index in [-0.39, 0.29) is 0 Å². The van der Waals surface area contributed by atoms with Crippen LogP contribution >= 0.6 is 0 Å². The highest BCUT2D eigenvalue weighted by Gasteiger charge is 2.35. The maximum atomic E-state index is 10.2. The third-order valence-corrected chi connectivity index (χ3v) is 5.97. The lowest BCUT2D eigenvalue weighted by molar-refractivity contribution is -0.0279. The Balaban J connectivity index is 1.45. The van der Waals surface area contributed by atoms with Crippen LogP contribution in [0.5, 0.6) is 0 Å². The molecule has 0 aromatic heterocycles. The molecule has 3 N–H and O–H groups in total. The van der Waals surface area contributed by atoms with Crippen molar-refractivity contribution in [3.63, 3.8) is 0 Å². The van der Waals surface area contributed by atoms with Crippen LogP contribution in [0.1, 0.15) is 64.2 Å². The maximum absolute atomic E-state index is 10.2. The molecule has 0 saturated heterocycles. The summed E-state index contributed by atoms with van der Waals surface area (Å²) in [5.74, 6) is 2.79. The molecule has 3 aliphatic carbocycles. The Morgan fingerprint density at radius 3 is 2.52 bits per heavy atom. The first-order valence-corrected chi connectivity index (χ1v) is 8.88. The molecule has 0 aromatic carbocycles. The molecule has 0 heterocycles. The van der Waals surface area contributed by atoms with Gasteiger partial charge in [-0.25, -0.2) is 0 Å². The van der Waals surface area contributed by atoms with E-state index >= 15 is 0 Å². The normalized spacial score (nSPS) is 35.5. The Bertz CT molecular complexity index is 378. The molecule has 0 bridgehead atoms. The zero-order valence-electron chi connectivity index (χ0n) is 13.4. The van der Waals surface area contributed by atoms with E-state index in [1.165, 1.54) is 44.9 Å². The van der Waals surface area contributed by atoms with Crippen LogP contribution < -0.4 is 10.6 Å². The molecule has 0 aliphatic heterocycles. The molecule has 3 fully saturated rings. The van der Waals surface area contributed by atoms with Gasteiger partial charge in [-0.05, 0) is 50.4 Å². The molecule has 0 radical (unpaired) electrons. The van der Waals surface area contributed by atoms with Crippen molar-refractivity contribution in [3.05, 3.63) is 0 Å². The summed E-state index contributed by atoms with van der Waals surface area (Å²) in [6, 6.07) is 0.562. The lowest BCUT2D eigenvalue weighted by Crippen LogP contribution is -2.53. The second kappa shape index (κ2) is 6.55. The molecular formula is C17H31N3O. The summed E-state index contributed by atoms with van der Waals surface area (Å²) < 4.78 is 0. The number of guanidine groups is 1. The maximum Gasteiger partial charge on any atom is 0.191 e. The summed E-state index contributed by atoms with van der Waals surface area (Å²) in [7, 11) is 1.83. The molecule has 0 spiro atoms. The van der Waals surface area contributed by atoms with Gasteiger partial charge in [0.15, 0.2) is 5.96 Å². The van der Waals surface area contributed by atoms with Crippen LogP contribution in [0.3, 0.4) is 0 Å². The first-order valence-electron chi connectivity index (χ1n) is 8.88. The van der Waals surface area contributed by atoms with Crippen LogP contribution in [0.4, 0.5) is 0 Å². The molecular weight excluding hydrogens is 262 g/mol. The predicted molar refractivity (Wildman–Crippen MR) is 86.4 cm³/mol. The van der Waals surface area contributed by atoms with Crippen molar-refractivity contribution < 1.29 is 5.11 Å². The number of aliphatic hydroxyl groups is 1. The number of hydrogen-bond acceptors (Lipinski definition) is 2. The van der Waals surface area contributed by atoms with E-state index in [2.05, 4.69) is 15.6 Å². The fourth-order valence-corrected chi connectivity index (χ4v) is 4.40. The summed E-state index contributed by atoms with van der Waals surface area (Å²) in [4.78, 5) is 4.33. The summed E-state index contributed by atoms with van der Waals surface area (Å²) in [6.07, 6.45) is 12.7. The van der Waals surface area contributed by atoms with Crippen molar-refractivity contribution in [2.75, 3.05) is 13.6 Å². The van der Waals surface area contributed by atoms with Gasteiger partial charge in [-0.3, -0.25) is 4.99 Å². The van der Waals surface area contributed by atoms with Crippen molar-refractivity contribution in [2.24, 2.45) is 16.8 Å².